The van der Waals surface area contributed by atoms with Gasteiger partial charge in [-0.25, -0.2) is 4.68 Å². The van der Waals surface area contributed by atoms with Gasteiger partial charge < -0.3 is 4.90 Å². The van der Waals surface area contributed by atoms with Crippen molar-refractivity contribution in [1.82, 2.24) is 24.5 Å². The first-order chi connectivity index (χ1) is 11.6. The highest BCUT2D eigenvalue weighted by Gasteiger charge is 2.19. The highest BCUT2D eigenvalue weighted by Crippen LogP contribution is 2.23. The molecule has 0 saturated carbocycles. The van der Waals surface area contributed by atoms with Gasteiger partial charge in [0.05, 0.1) is 18.1 Å². The summed E-state index contributed by atoms with van der Waals surface area (Å²) in [5.41, 5.74) is 2.04. The second-order valence-corrected chi connectivity index (χ2v) is 6.89. The third-order valence-electron chi connectivity index (χ3n) is 4.41. The predicted octanol–water partition coefficient (Wildman–Crippen LogP) is 1.47. The molecule has 1 aliphatic heterocycles. The van der Waals surface area contributed by atoms with Gasteiger partial charge in [0.15, 0.2) is 0 Å². The number of hydrogen-bond acceptors (Lipinski definition) is 5. The summed E-state index contributed by atoms with van der Waals surface area (Å²) in [5, 5.41) is 8.50. The second kappa shape index (κ2) is 7.48. The van der Waals surface area contributed by atoms with Crippen LogP contribution < -0.4 is 10.5 Å². The Morgan fingerprint density at radius 1 is 1.17 bits per heavy atom. The number of halogens is 1. The number of anilines is 1. The fourth-order valence-electron chi connectivity index (χ4n) is 3.01. The zero-order chi connectivity index (χ0) is 17.1. The molecular formula is C16H23BrN6O. The molecule has 0 bridgehead atoms. The Kier molecular flexibility index (Phi) is 5.35. The van der Waals surface area contributed by atoms with E-state index >= 15 is 0 Å². The molecule has 24 heavy (non-hydrogen) atoms. The van der Waals surface area contributed by atoms with Crippen molar-refractivity contribution in [2.45, 2.75) is 26.4 Å². The normalized spacial score (nSPS) is 16.4. The van der Waals surface area contributed by atoms with Crippen LogP contribution in [0.2, 0.25) is 0 Å². The minimum absolute atomic E-state index is 0.0967. The lowest BCUT2D eigenvalue weighted by Crippen LogP contribution is -2.32. The largest absolute Gasteiger partial charge is 0.368 e. The summed E-state index contributed by atoms with van der Waals surface area (Å²) in [6.45, 7) is 7.73. The van der Waals surface area contributed by atoms with E-state index in [1.54, 1.807) is 13.2 Å². The van der Waals surface area contributed by atoms with Crippen LogP contribution in [-0.2, 0) is 20.1 Å². The molecule has 0 amide bonds. The topological polar surface area (TPSA) is 59.2 Å². The molecule has 2 aromatic rings. The van der Waals surface area contributed by atoms with Crippen LogP contribution in [-0.4, -0.2) is 50.6 Å². The maximum absolute atomic E-state index is 12.1. The van der Waals surface area contributed by atoms with Gasteiger partial charge in [-0.15, -0.1) is 0 Å². The fourth-order valence-corrected chi connectivity index (χ4v) is 3.62. The van der Waals surface area contributed by atoms with Crippen LogP contribution in [0.25, 0.3) is 0 Å². The van der Waals surface area contributed by atoms with Crippen LogP contribution in [0.15, 0.2) is 27.9 Å². The van der Waals surface area contributed by atoms with Crippen molar-refractivity contribution in [3.05, 3.63) is 39.0 Å². The monoisotopic (exact) mass is 394 g/mol. The summed E-state index contributed by atoms with van der Waals surface area (Å²) in [7, 11) is 1.66. The Morgan fingerprint density at radius 3 is 2.75 bits per heavy atom. The summed E-state index contributed by atoms with van der Waals surface area (Å²) in [4.78, 5) is 16.7. The Morgan fingerprint density at radius 2 is 2.00 bits per heavy atom. The van der Waals surface area contributed by atoms with Crippen molar-refractivity contribution in [3.8, 4) is 0 Å². The number of nitrogens with zero attached hydrogens (tertiary/aromatic N) is 6. The smallest absolute Gasteiger partial charge is 0.282 e. The lowest BCUT2D eigenvalue weighted by atomic mass is 10.3. The molecular weight excluding hydrogens is 372 g/mol. The number of aryl methyl sites for hydroxylation is 2. The van der Waals surface area contributed by atoms with E-state index in [4.69, 9.17) is 0 Å². The molecule has 7 nitrogen and oxygen atoms in total. The molecule has 8 heteroatoms. The van der Waals surface area contributed by atoms with E-state index < -0.39 is 0 Å². The summed E-state index contributed by atoms with van der Waals surface area (Å²) < 4.78 is 3.91. The molecule has 1 saturated heterocycles. The van der Waals surface area contributed by atoms with E-state index in [2.05, 4.69) is 49.0 Å². The average Bonchev–Trinajstić information content (AvgIpc) is 2.91. The number of hydrogen-bond donors (Lipinski definition) is 0. The zero-order valence-corrected chi connectivity index (χ0v) is 15.7. The first kappa shape index (κ1) is 17.2. The summed E-state index contributed by atoms with van der Waals surface area (Å²) in [5.74, 6) is 0. The highest BCUT2D eigenvalue weighted by atomic mass is 79.9. The first-order valence-electron chi connectivity index (χ1n) is 8.29. The molecule has 0 aromatic carbocycles. The Hall–Kier alpha value is -1.67. The minimum atomic E-state index is -0.0967. The summed E-state index contributed by atoms with van der Waals surface area (Å²) >= 11 is 3.43. The van der Waals surface area contributed by atoms with Crippen molar-refractivity contribution in [1.29, 1.82) is 0 Å². The molecule has 0 spiro atoms. The standard InChI is InChI=1S/C16H23BrN6O/c1-3-23-12-13(9-19-23)11-21-5-4-6-22(8-7-21)14-10-18-20(2)16(24)15(14)17/h9-10,12H,3-8,11H2,1-2H3. The van der Waals surface area contributed by atoms with Gasteiger partial charge in [-0.05, 0) is 29.3 Å². The lowest BCUT2D eigenvalue weighted by Gasteiger charge is -2.24. The molecule has 3 rings (SSSR count). The SMILES string of the molecule is CCn1cc(CN2CCCN(c3cnn(C)c(=O)c3Br)CC2)cn1. The molecule has 130 valence electrons. The molecule has 1 fully saturated rings. The van der Waals surface area contributed by atoms with E-state index in [0.29, 0.717) is 4.47 Å². The van der Waals surface area contributed by atoms with Crippen molar-refractivity contribution >= 4 is 21.6 Å². The van der Waals surface area contributed by atoms with Gasteiger partial charge in [-0.1, -0.05) is 0 Å². The van der Waals surface area contributed by atoms with Crippen LogP contribution >= 0.6 is 15.9 Å². The Labute approximate surface area is 150 Å². The van der Waals surface area contributed by atoms with E-state index in [-0.39, 0.29) is 5.56 Å². The predicted molar refractivity (Wildman–Crippen MR) is 97.2 cm³/mol. The minimum Gasteiger partial charge on any atom is -0.368 e. The quantitative estimate of drug-likeness (QED) is 0.785. The Bertz CT molecular complexity index is 755. The number of aromatic nitrogens is 4. The van der Waals surface area contributed by atoms with E-state index in [0.717, 1.165) is 51.4 Å². The average molecular weight is 395 g/mol. The Balaban J connectivity index is 1.67. The molecule has 0 aliphatic carbocycles. The molecule has 0 N–H and O–H groups in total. The lowest BCUT2D eigenvalue weighted by molar-refractivity contribution is 0.285. The van der Waals surface area contributed by atoms with Gasteiger partial charge in [0.2, 0.25) is 0 Å². The molecule has 0 unspecified atom stereocenters. The number of rotatable bonds is 4. The summed E-state index contributed by atoms with van der Waals surface area (Å²) in [6, 6.07) is 0. The van der Waals surface area contributed by atoms with Gasteiger partial charge >= 0.3 is 0 Å². The van der Waals surface area contributed by atoms with Crippen LogP contribution in [0, 0.1) is 0 Å². The molecule has 1 aliphatic rings. The van der Waals surface area contributed by atoms with Crippen LogP contribution in [0.3, 0.4) is 0 Å². The van der Waals surface area contributed by atoms with Gasteiger partial charge in [0, 0.05) is 58.1 Å². The highest BCUT2D eigenvalue weighted by molar-refractivity contribution is 9.10. The summed E-state index contributed by atoms with van der Waals surface area (Å²) in [6.07, 6.45) is 6.90. The van der Waals surface area contributed by atoms with Crippen LogP contribution in [0.4, 0.5) is 5.69 Å². The second-order valence-electron chi connectivity index (χ2n) is 6.09. The van der Waals surface area contributed by atoms with E-state index in [1.807, 2.05) is 10.9 Å². The molecule has 0 radical (unpaired) electrons. The maximum atomic E-state index is 12.1. The zero-order valence-electron chi connectivity index (χ0n) is 14.2. The van der Waals surface area contributed by atoms with Crippen molar-refractivity contribution in [2.24, 2.45) is 7.05 Å². The van der Waals surface area contributed by atoms with Gasteiger partial charge in [0.25, 0.3) is 5.56 Å². The van der Waals surface area contributed by atoms with E-state index in [9.17, 15) is 4.79 Å². The van der Waals surface area contributed by atoms with Gasteiger partial charge in [-0.2, -0.15) is 10.2 Å². The van der Waals surface area contributed by atoms with Crippen LogP contribution in [0.5, 0.6) is 0 Å². The van der Waals surface area contributed by atoms with Crippen molar-refractivity contribution in [2.75, 3.05) is 31.1 Å². The van der Waals surface area contributed by atoms with Crippen molar-refractivity contribution in [3.63, 3.8) is 0 Å². The van der Waals surface area contributed by atoms with Crippen molar-refractivity contribution < 1.29 is 0 Å². The fraction of sp³-hybridized carbons (Fsp3) is 0.562. The molecule has 3 heterocycles. The molecule has 0 atom stereocenters. The van der Waals surface area contributed by atoms with E-state index in [1.165, 1.54) is 10.2 Å². The van der Waals surface area contributed by atoms with Gasteiger partial charge in [0.1, 0.15) is 4.47 Å². The molecule has 2 aromatic heterocycles. The third-order valence-corrected chi connectivity index (χ3v) is 5.15. The van der Waals surface area contributed by atoms with Gasteiger partial charge in [-0.3, -0.25) is 14.4 Å². The first-order valence-corrected chi connectivity index (χ1v) is 9.08. The van der Waals surface area contributed by atoms with Crippen LogP contribution in [0.1, 0.15) is 18.9 Å². The maximum Gasteiger partial charge on any atom is 0.282 e. The third kappa shape index (κ3) is 3.70.